The van der Waals surface area contributed by atoms with Crippen LogP contribution in [-0.4, -0.2) is 30.8 Å². The first-order valence-corrected chi connectivity index (χ1v) is 9.41. The van der Waals surface area contributed by atoms with Gasteiger partial charge in [0.15, 0.2) is 18.1 Å². The first-order valence-electron chi connectivity index (χ1n) is 8.15. The fourth-order valence-electron chi connectivity index (χ4n) is 2.29. The van der Waals surface area contributed by atoms with Crippen LogP contribution in [-0.2, 0) is 4.79 Å². The average molecular weight is 417 g/mol. The van der Waals surface area contributed by atoms with Crippen LogP contribution >= 0.6 is 22.9 Å². The van der Waals surface area contributed by atoms with Crippen molar-refractivity contribution >= 4 is 40.2 Å². The molecule has 0 bridgehead atoms. The molecule has 0 radical (unpaired) electrons. The predicted molar refractivity (Wildman–Crippen MR) is 111 cm³/mol. The standard InChI is InChI=1S/C19H17ClN4O3S/c1-26-16-7-13(14(20)8-17(16)27-10-18(21)25)9-22-24-19-23-15(11-28-19)12-5-3-2-4-6-12/h2-9,11H,10H2,1H3,(H2,21,25)(H,23,24). The monoisotopic (exact) mass is 416 g/mol. The van der Waals surface area contributed by atoms with Gasteiger partial charge in [0.05, 0.1) is 24.0 Å². The number of primary amides is 1. The number of hydrogen-bond donors (Lipinski definition) is 2. The second-order valence-corrected chi connectivity index (χ2v) is 6.82. The van der Waals surface area contributed by atoms with E-state index in [1.165, 1.54) is 18.4 Å². The fourth-order valence-corrected chi connectivity index (χ4v) is 3.17. The maximum atomic E-state index is 10.9. The lowest BCUT2D eigenvalue weighted by Crippen LogP contribution is -2.20. The van der Waals surface area contributed by atoms with Gasteiger partial charge < -0.3 is 15.2 Å². The van der Waals surface area contributed by atoms with E-state index < -0.39 is 5.91 Å². The van der Waals surface area contributed by atoms with E-state index in [1.54, 1.807) is 18.3 Å². The third-order valence-corrected chi connectivity index (χ3v) is 4.66. The van der Waals surface area contributed by atoms with E-state index in [2.05, 4.69) is 15.5 Å². The van der Waals surface area contributed by atoms with Crippen molar-refractivity contribution in [2.45, 2.75) is 0 Å². The molecule has 0 spiro atoms. The highest BCUT2D eigenvalue weighted by atomic mass is 35.5. The minimum atomic E-state index is -0.591. The smallest absolute Gasteiger partial charge is 0.255 e. The molecule has 3 N–H and O–H groups in total. The van der Waals surface area contributed by atoms with E-state index in [1.807, 2.05) is 35.7 Å². The first-order chi connectivity index (χ1) is 13.6. The molecule has 0 atom stereocenters. The number of carbonyl (C=O) groups excluding carboxylic acids is 1. The molecule has 0 aliphatic rings. The summed E-state index contributed by atoms with van der Waals surface area (Å²) in [6.45, 7) is -0.268. The summed E-state index contributed by atoms with van der Waals surface area (Å²) in [5.74, 6) is 0.142. The van der Waals surface area contributed by atoms with Crippen molar-refractivity contribution in [3.63, 3.8) is 0 Å². The van der Waals surface area contributed by atoms with Crippen LogP contribution in [0.1, 0.15) is 5.56 Å². The SMILES string of the molecule is COc1cc(C=NNc2nc(-c3ccccc3)cs2)c(Cl)cc1OCC(N)=O. The van der Waals surface area contributed by atoms with Crippen molar-refractivity contribution < 1.29 is 14.3 Å². The molecule has 1 aromatic heterocycles. The number of thiazole rings is 1. The molecule has 0 unspecified atom stereocenters. The summed E-state index contributed by atoms with van der Waals surface area (Å²) in [6, 6.07) is 13.1. The third-order valence-electron chi connectivity index (χ3n) is 3.59. The van der Waals surface area contributed by atoms with Gasteiger partial charge in [-0.05, 0) is 6.07 Å². The molecule has 144 valence electrons. The zero-order chi connectivity index (χ0) is 19.9. The van der Waals surface area contributed by atoms with Gasteiger partial charge in [0, 0.05) is 22.6 Å². The third kappa shape index (κ3) is 4.99. The Bertz CT molecular complexity index is 992. The van der Waals surface area contributed by atoms with Crippen LogP contribution in [0.25, 0.3) is 11.3 Å². The highest BCUT2D eigenvalue weighted by molar-refractivity contribution is 7.14. The molecule has 0 saturated carbocycles. The lowest BCUT2D eigenvalue weighted by molar-refractivity contribution is -0.119. The van der Waals surface area contributed by atoms with Crippen molar-refractivity contribution in [3.8, 4) is 22.8 Å². The lowest BCUT2D eigenvalue weighted by atomic mass is 10.2. The number of hydrogen-bond acceptors (Lipinski definition) is 7. The Morgan fingerprint density at radius 2 is 2.11 bits per heavy atom. The Hall–Kier alpha value is -3.10. The van der Waals surface area contributed by atoms with Crippen LogP contribution in [0.5, 0.6) is 11.5 Å². The summed E-state index contributed by atoms with van der Waals surface area (Å²) in [5, 5.41) is 7.17. The summed E-state index contributed by atoms with van der Waals surface area (Å²) < 4.78 is 10.6. The molecule has 1 amide bonds. The van der Waals surface area contributed by atoms with Gasteiger partial charge >= 0.3 is 0 Å². The fraction of sp³-hybridized carbons (Fsp3) is 0.105. The van der Waals surface area contributed by atoms with Gasteiger partial charge in [0.1, 0.15) is 0 Å². The van der Waals surface area contributed by atoms with Crippen LogP contribution in [0.3, 0.4) is 0 Å². The molecule has 2 aromatic carbocycles. The van der Waals surface area contributed by atoms with Gasteiger partial charge in [-0.15, -0.1) is 11.3 Å². The molecule has 1 heterocycles. The Labute approximate surface area is 170 Å². The van der Waals surface area contributed by atoms with Crippen molar-refractivity contribution in [2.75, 3.05) is 19.1 Å². The van der Waals surface area contributed by atoms with Crippen molar-refractivity contribution in [1.82, 2.24) is 4.98 Å². The van der Waals surface area contributed by atoms with Crippen molar-refractivity contribution in [1.29, 1.82) is 0 Å². The van der Waals surface area contributed by atoms with E-state index in [-0.39, 0.29) is 6.61 Å². The summed E-state index contributed by atoms with van der Waals surface area (Å²) >= 11 is 7.70. The molecular formula is C19H17ClN4O3S. The molecule has 3 rings (SSSR count). The molecule has 9 heteroatoms. The minimum absolute atomic E-state index is 0.268. The van der Waals surface area contributed by atoms with E-state index in [0.29, 0.717) is 27.2 Å². The zero-order valence-electron chi connectivity index (χ0n) is 14.9. The van der Waals surface area contributed by atoms with Crippen LogP contribution in [0.2, 0.25) is 5.02 Å². The lowest BCUT2D eigenvalue weighted by Gasteiger charge is -2.11. The van der Waals surface area contributed by atoms with Gasteiger partial charge in [-0.2, -0.15) is 5.10 Å². The number of rotatable bonds is 8. The number of benzene rings is 2. The predicted octanol–water partition coefficient (Wildman–Crippen LogP) is 3.78. The van der Waals surface area contributed by atoms with Gasteiger partial charge in [0.25, 0.3) is 5.91 Å². The molecule has 0 saturated heterocycles. The minimum Gasteiger partial charge on any atom is -0.493 e. The number of ether oxygens (including phenoxy) is 2. The molecular weight excluding hydrogens is 400 g/mol. The summed E-state index contributed by atoms with van der Waals surface area (Å²) in [7, 11) is 1.49. The number of amides is 1. The maximum absolute atomic E-state index is 10.9. The number of nitrogens with two attached hydrogens (primary N) is 1. The topological polar surface area (TPSA) is 98.8 Å². The number of nitrogens with zero attached hydrogens (tertiary/aromatic N) is 2. The number of methoxy groups -OCH3 is 1. The van der Waals surface area contributed by atoms with Crippen LogP contribution < -0.4 is 20.6 Å². The Morgan fingerprint density at radius 3 is 2.82 bits per heavy atom. The summed E-state index contributed by atoms with van der Waals surface area (Å²) in [4.78, 5) is 15.4. The number of aromatic nitrogens is 1. The van der Waals surface area contributed by atoms with Gasteiger partial charge in [-0.25, -0.2) is 4.98 Å². The second-order valence-electron chi connectivity index (χ2n) is 5.55. The van der Waals surface area contributed by atoms with Gasteiger partial charge in [-0.1, -0.05) is 41.9 Å². The highest BCUT2D eigenvalue weighted by Gasteiger charge is 2.11. The van der Waals surface area contributed by atoms with E-state index in [0.717, 1.165) is 11.3 Å². The molecule has 0 aliphatic carbocycles. The first kappa shape index (κ1) is 19.7. The average Bonchev–Trinajstić information content (AvgIpc) is 3.17. The summed E-state index contributed by atoms with van der Waals surface area (Å²) in [6.07, 6.45) is 1.55. The Morgan fingerprint density at radius 1 is 1.32 bits per heavy atom. The molecule has 3 aromatic rings. The quantitative estimate of drug-likeness (QED) is 0.430. The molecule has 7 nitrogen and oxygen atoms in total. The van der Waals surface area contributed by atoms with Crippen LogP contribution in [0.15, 0.2) is 52.9 Å². The van der Waals surface area contributed by atoms with E-state index in [4.69, 9.17) is 26.8 Å². The molecule has 0 aliphatic heterocycles. The Balaban J connectivity index is 1.70. The normalized spacial score (nSPS) is 10.8. The number of nitrogens with one attached hydrogen (secondary N) is 1. The van der Waals surface area contributed by atoms with E-state index >= 15 is 0 Å². The molecule has 28 heavy (non-hydrogen) atoms. The van der Waals surface area contributed by atoms with Crippen LogP contribution in [0.4, 0.5) is 5.13 Å². The largest absolute Gasteiger partial charge is 0.493 e. The summed E-state index contributed by atoms with van der Waals surface area (Å²) in [5.41, 5.74) is 10.5. The highest BCUT2D eigenvalue weighted by Crippen LogP contribution is 2.32. The second kappa shape index (κ2) is 9.20. The Kier molecular flexibility index (Phi) is 6.46. The zero-order valence-corrected chi connectivity index (χ0v) is 16.5. The van der Waals surface area contributed by atoms with Gasteiger partial charge in [-0.3, -0.25) is 10.2 Å². The number of hydrazone groups is 1. The number of anilines is 1. The molecule has 0 fully saturated rings. The van der Waals surface area contributed by atoms with Crippen molar-refractivity contribution in [2.24, 2.45) is 10.8 Å². The van der Waals surface area contributed by atoms with Crippen molar-refractivity contribution in [3.05, 3.63) is 58.4 Å². The number of carbonyl (C=O) groups is 1. The van der Waals surface area contributed by atoms with Crippen LogP contribution in [0, 0.1) is 0 Å². The number of halogens is 1. The van der Waals surface area contributed by atoms with Gasteiger partial charge in [0.2, 0.25) is 5.13 Å². The van der Waals surface area contributed by atoms with E-state index in [9.17, 15) is 4.79 Å². The maximum Gasteiger partial charge on any atom is 0.255 e.